The molecule has 2 aromatic rings. The zero-order valence-electron chi connectivity index (χ0n) is 17.2. The van der Waals surface area contributed by atoms with Gasteiger partial charge in [-0.25, -0.2) is 15.4 Å². The van der Waals surface area contributed by atoms with Crippen LogP contribution in [0.15, 0.2) is 30.6 Å². The number of anilines is 3. The lowest BCUT2D eigenvalue weighted by Gasteiger charge is -2.36. The number of nitrogens with zero attached hydrogens (tertiary/aromatic N) is 5. The lowest BCUT2D eigenvalue weighted by molar-refractivity contribution is -0.383. The predicted octanol–water partition coefficient (Wildman–Crippen LogP) is 2.43. The molecule has 1 aromatic heterocycles. The number of aromatic nitrogens is 2. The molecule has 0 atom stereocenters. The topological polar surface area (TPSA) is 109 Å². The molecule has 156 valence electrons. The van der Waals surface area contributed by atoms with E-state index in [0.717, 1.165) is 24.5 Å². The maximum atomic E-state index is 11.8. The van der Waals surface area contributed by atoms with Crippen molar-refractivity contribution in [3.8, 4) is 5.75 Å². The molecule has 0 saturated carbocycles. The van der Waals surface area contributed by atoms with E-state index in [4.69, 9.17) is 4.74 Å². The normalized spacial score (nSPS) is 14.6. The van der Waals surface area contributed by atoms with Gasteiger partial charge in [0.2, 0.25) is 11.6 Å². The number of benzene rings is 1. The minimum Gasteiger partial charge on any atom is -0.497 e. The average Bonchev–Trinajstić information content (AvgIpc) is 2.71. The molecule has 29 heavy (non-hydrogen) atoms. The van der Waals surface area contributed by atoms with Crippen LogP contribution in [-0.2, 0) is 0 Å². The van der Waals surface area contributed by atoms with Crippen molar-refractivity contribution in [2.24, 2.45) is 0 Å². The number of rotatable bonds is 6. The van der Waals surface area contributed by atoms with Crippen molar-refractivity contribution in [1.29, 1.82) is 0 Å². The van der Waals surface area contributed by atoms with E-state index in [1.807, 2.05) is 49.9 Å². The third-order valence-corrected chi connectivity index (χ3v) is 4.56. The Balaban J connectivity index is 1.74. The van der Waals surface area contributed by atoms with Crippen LogP contribution in [0.2, 0.25) is 0 Å². The van der Waals surface area contributed by atoms with Gasteiger partial charge in [0, 0.05) is 37.4 Å². The summed E-state index contributed by atoms with van der Waals surface area (Å²) in [5.41, 5.74) is 6.59. The number of hydrogen-bond donors (Lipinski definition) is 2. The molecule has 1 saturated heterocycles. The Bertz CT molecular complexity index is 844. The van der Waals surface area contributed by atoms with Crippen LogP contribution in [0.4, 0.5) is 23.0 Å². The van der Waals surface area contributed by atoms with Crippen LogP contribution in [0.25, 0.3) is 0 Å². The van der Waals surface area contributed by atoms with E-state index in [0.29, 0.717) is 18.9 Å². The predicted molar refractivity (Wildman–Crippen MR) is 113 cm³/mol. The Hall–Kier alpha value is -3.14. The highest BCUT2D eigenvalue weighted by Crippen LogP contribution is 2.32. The Labute approximate surface area is 170 Å². The lowest BCUT2D eigenvalue weighted by atomic mass is 10.1. The summed E-state index contributed by atoms with van der Waals surface area (Å²) in [6.45, 7) is 8.56. The monoisotopic (exact) mass is 401 g/mol. The number of nitro groups is 1. The fourth-order valence-electron chi connectivity index (χ4n) is 3.08. The highest BCUT2D eigenvalue weighted by molar-refractivity contribution is 5.70. The van der Waals surface area contributed by atoms with E-state index in [1.165, 1.54) is 6.33 Å². The van der Waals surface area contributed by atoms with Gasteiger partial charge < -0.3 is 14.5 Å². The fourth-order valence-corrected chi connectivity index (χ4v) is 3.08. The second-order valence-corrected chi connectivity index (χ2v) is 7.82. The molecule has 0 aliphatic carbocycles. The SMILES string of the molecule is COc1ccc(N2CCN(c3ncnc(NNC(C)(C)C)c3[N+](=O)[O-])CC2)cc1. The second-order valence-electron chi connectivity index (χ2n) is 7.82. The van der Waals surface area contributed by atoms with Gasteiger partial charge in [0.15, 0.2) is 0 Å². The molecule has 10 heteroatoms. The third kappa shape index (κ3) is 5.02. The number of hydrazine groups is 1. The molecule has 2 heterocycles. The van der Waals surface area contributed by atoms with Crippen LogP contribution in [0.5, 0.6) is 5.75 Å². The van der Waals surface area contributed by atoms with Crippen molar-refractivity contribution in [3.05, 3.63) is 40.7 Å². The molecule has 1 fully saturated rings. The summed E-state index contributed by atoms with van der Waals surface area (Å²) < 4.78 is 5.20. The van der Waals surface area contributed by atoms with Crippen LogP contribution >= 0.6 is 0 Å². The number of ether oxygens (including phenoxy) is 1. The molecule has 10 nitrogen and oxygen atoms in total. The standard InChI is InChI=1S/C19H27N7O3/c1-19(2,3)23-22-17-16(26(27)28)18(21-13-20-17)25-11-9-24(10-12-25)14-5-7-15(29-4)8-6-14/h5-8,13,23H,9-12H2,1-4H3,(H,20,21,22). The minimum absolute atomic E-state index is 0.123. The molecule has 0 radical (unpaired) electrons. The first-order valence-corrected chi connectivity index (χ1v) is 9.45. The summed E-state index contributed by atoms with van der Waals surface area (Å²) in [4.78, 5) is 23.8. The van der Waals surface area contributed by atoms with Crippen LogP contribution in [0.3, 0.4) is 0 Å². The fraction of sp³-hybridized carbons (Fsp3) is 0.474. The van der Waals surface area contributed by atoms with Gasteiger partial charge >= 0.3 is 5.69 Å². The Morgan fingerprint density at radius 1 is 1.07 bits per heavy atom. The molecule has 1 aliphatic rings. The van der Waals surface area contributed by atoms with Crippen molar-refractivity contribution in [3.63, 3.8) is 0 Å². The summed E-state index contributed by atoms with van der Waals surface area (Å²) in [6, 6.07) is 7.89. The third-order valence-electron chi connectivity index (χ3n) is 4.56. The number of hydrogen-bond acceptors (Lipinski definition) is 9. The summed E-state index contributed by atoms with van der Waals surface area (Å²) >= 11 is 0. The molecule has 0 amide bonds. The molecule has 3 rings (SSSR count). The van der Waals surface area contributed by atoms with Gasteiger partial charge in [0.1, 0.15) is 12.1 Å². The smallest absolute Gasteiger partial charge is 0.354 e. The summed E-state index contributed by atoms with van der Waals surface area (Å²) in [5, 5.41) is 11.8. The zero-order chi connectivity index (χ0) is 21.0. The van der Waals surface area contributed by atoms with Crippen molar-refractivity contribution in [2.45, 2.75) is 26.3 Å². The quantitative estimate of drug-likeness (QED) is 0.557. The molecule has 0 spiro atoms. The molecule has 2 N–H and O–H groups in total. The Morgan fingerprint density at radius 2 is 1.69 bits per heavy atom. The minimum atomic E-state index is -0.433. The van der Waals surface area contributed by atoms with E-state index in [9.17, 15) is 10.1 Å². The number of nitrogens with one attached hydrogen (secondary N) is 2. The van der Waals surface area contributed by atoms with Crippen LogP contribution in [0, 0.1) is 10.1 Å². The van der Waals surface area contributed by atoms with Gasteiger partial charge in [0.05, 0.1) is 12.0 Å². The van der Waals surface area contributed by atoms with Gasteiger partial charge in [-0.2, -0.15) is 0 Å². The second kappa shape index (κ2) is 8.48. The Kier molecular flexibility index (Phi) is 6.02. The van der Waals surface area contributed by atoms with E-state index in [2.05, 4.69) is 25.7 Å². The number of methoxy groups -OCH3 is 1. The van der Waals surface area contributed by atoms with Gasteiger partial charge in [-0.05, 0) is 45.0 Å². The maximum absolute atomic E-state index is 11.8. The Morgan fingerprint density at radius 3 is 2.24 bits per heavy atom. The van der Waals surface area contributed by atoms with Crippen molar-refractivity contribution < 1.29 is 9.66 Å². The van der Waals surface area contributed by atoms with Crippen LogP contribution in [0.1, 0.15) is 20.8 Å². The molecule has 0 unspecified atom stereocenters. The average molecular weight is 401 g/mol. The molecular weight excluding hydrogens is 374 g/mol. The van der Waals surface area contributed by atoms with Crippen molar-refractivity contribution in [1.82, 2.24) is 15.4 Å². The van der Waals surface area contributed by atoms with E-state index in [1.54, 1.807) is 7.11 Å². The summed E-state index contributed by atoms with van der Waals surface area (Å²) in [6.07, 6.45) is 1.35. The molecule has 1 aliphatic heterocycles. The highest BCUT2D eigenvalue weighted by Gasteiger charge is 2.29. The summed E-state index contributed by atoms with van der Waals surface area (Å²) in [5.74, 6) is 1.30. The van der Waals surface area contributed by atoms with E-state index in [-0.39, 0.29) is 17.0 Å². The van der Waals surface area contributed by atoms with Crippen LogP contribution < -0.4 is 25.4 Å². The zero-order valence-corrected chi connectivity index (χ0v) is 17.2. The van der Waals surface area contributed by atoms with Crippen LogP contribution in [-0.4, -0.2) is 53.7 Å². The van der Waals surface area contributed by atoms with E-state index < -0.39 is 4.92 Å². The first-order valence-electron chi connectivity index (χ1n) is 9.45. The molecule has 1 aromatic carbocycles. The summed E-state index contributed by atoms with van der Waals surface area (Å²) in [7, 11) is 1.64. The maximum Gasteiger partial charge on any atom is 0.354 e. The highest BCUT2D eigenvalue weighted by atomic mass is 16.6. The van der Waals surface area contributed by atoms with Crippen molar-refractivity contribution in [2.75, 3.05) is 48.5 Å². The first kappa shape index (κ1) is 20.6. The molecular formula is C19H27N7O3. The van der Waals surface area contributed by atoms with Gasteiger partial charge in [0.25, 0.3) is 0 Å². The lowest BCUT2D eigenvalue weighted by Crippen LogP contribution is -2.47. The number of piperazine rings is 1. The van der Waals surface area contributed by atoms with Crippen molar-refractivity contribution >= 4 is 23.0 Å². The van der Waals surface area contributed by atoms with Gasteiger partial charge in [-0.3, -0.25) is 15.5 Å². The largest absolute Gasteiger partial charge is 0.497 e. The first-order chi connectivity index (χ1) is 13.8. The van der Waals surface area contributed by atoms with Gasteiger partial charge in [-0.1, -0.05) is 0 Å². The van der Waals surface area contributed by atoms with Gasteiger partial charge in [-0.15, -0.1) is 0 Å². The molecule has 0 bridgehead atoms. The van der Waals surface area contributed by atoms with E-state index >= 15 is 0 Å².